The Balaban J connectivity index is 1.79. The fourth-order valence-corrected chi connectivity index (χ4v) is 4.42. The van der Waals surface area contributed by atoms with Crippen LogP contribution in [0.15, 0.2) is 63.3 Å². The summed E-state index contributed by atoms with van der Waals surface area (Å²) in [5, 5.41) is 4.49. The Morgan fingerprint density at radius 2 is 1.85 bits per heavy atom. The average Bonchev–Trinajstić information content (AvgIpc) is 3.10. The molecule has 0 aliphatic heterocycles. The van der Waals surface area contributed by atoms with Crippen molar-refractivity contribution in [2.45, 2.75) is 24.0 Å². The SMILES string of the molecule is CC(C)S(=O)(=O)c1cccc(C(=O)Nc2nc(-c3ccc(Br)cc3)cs2)c1. The van der Waals surface area contributed by atoms with Crippen LogP contribution in [-0.2, 0) is 9.84 Å². The second kappa shape index (κ2) is 7.92. The first-order valence-corrected chi connectivity index (χ1v) is 11.4. The standard InChI is InChI=1S/C19H17BrN2O3S2/c1-12(2)27(24,25)16-5-3-4-14(10-16)18(23)22-19-21-17(11-26-19)13-6-8-15(20)9-7-13/h3-12H,1-2H3,(H,21,22,23). The highest BCUT2D eigenvalue weighted by Crippen LogP contribution is 2.26. The molecule has 140 valence electrons. The lowest BCUT2D eigenvalue weighted by Gasteiger charge is -2.09. The van der Waals surface area contributed by atoms with Crippen LogP contribution in [0, 0.1) is 0 Å². The number of nitrogens with one attached hydrogen (secondary N) is 1. The molecule has 0 radical (unpaired) electrons. The highest BCUT2D eigenvalue weighted by molar-refractivity contribution is 9.10. The summed E-state index contributed by atoms with van der Waals surface area (Å²) in [4.78, 5) is 17.1. The van der Waals surface area contributed by atoms with E-state index in [4.69, 9.17) is 0 Å². The molecule has 0 saturated heterocycles. The maximum absolute atomic E-state index is 12.5. The molecule has 1 N–H and O–H groups in total. The molecule has 1 heterocycles. The van der Waals surface area contributed by atoms with E-state index in [9.17, 15) is 13.2 Å². The van der Waals surface area contributed by atoms with E-state index >= 15 is 0 Å². The molecule has 0 atom stereocenters. The molecule has 27 heavy (non-hydrogen) atoms. The number of aromatic nitrogens is 1. The Kier molecular flexibility index (Phi) is 5.78. The zero-order chi connectivity index (χ0) is 19.6. The first-order chi connectivity index (χ1) is 12.8. The van der Waals surface area contributed by atoms with Gasteiger partial charge in [-0.05, 0) is 44.2 Å². The van der Waals surface area contributed by atoms with Gasteiger partial charge in [-0.1, -0.05) is 34.1 Å². The van der Waals surface area contributed by atoms with Crippen LogP contribution in [0.5, 0.6) is 0 Å². The van der Waals surface area contributed by atoms with E-state index in [2.05, 4.69) is 26.2 Å². The lowest BCUT2D eigenvalue weighted by atomic mass is 10.2. The van der Waals surface area contributed by atoms with Crippen LogP contribution in [0.25, 0.3) is 11.3 Å². The zero-order valence-corrected chi connectivity index (χ0v) is 17.9. The molecule has 0 aliphatic rings. The molecule has 8 heteroatoms. The van der Waals surface area contributed by atoms with Gasteiger partial charge in [-0.2, -0.15) is 0 Å². The summed E-state index contributed by atoms with van der Waals surface area (Å²) < 4.78 is 25.6. The third-order valence-corrected chi connectivity index (χ3v) is 7.35. The summed E-state index contributed by atoms with van der Waals surface area (Å²) in [5.41, 5.74) is 1.98. The topological polar surface area (TPSA) is 76.1 Å². The molecular formula is C19H17BrN2O3S2. The van der Waals surface area contributed by atoms with Crippen LogP contribution in [0.3, 0.4) is 0 Å². The fourth-order valence-electron chi connectivity index (χ4n) is 2.34. The van der Waals surface area contributed by atoms with Gasteiger partial charge >= 0.3 is 0 Å². The van der Waals surface area contributed by atoms with Crippen molar-refractivity contribution in [3.8, 4) is 11.3 Å². The number of sulfone groups is 1. The van der Waals surface area contributed by atoms with Gasteiger partial charge in [-0.3, -0.25) is 10.1 Å². The Labute approximate surface area is 170 Å². The molecule has 3 aromatic rings. The smallest absolute Gasteiger partial charge is 0.257 e. The summed E-state index contributed by atoms with van der Waals surface area (Å²) in [6.07, 6.45) is 0. The minimum absolute atomic E-state index is 0.139. The van der Waals surface area contributed by atoms with Crippen LogP contribution in [0.1, 0.15) is 24.2 Å². The minimum atomic E-state index is -3.44. The number of hydrogen-bond acceptors (Lipinski definition) is 5. The summed E-state index contributed by atoms with van der Waals surface area (Å²) in [7, 11) is -3.44. The van der Waals surface area contributed by atoms with Crippen molar-refractivity contribution >= 4 is 48.1 Å². The number of anilines is 1. The number of hydrogen-bond donors (Lipinski definition) is 1. The number of nitrogens with zero attached hydrogens (tertiary/aromatic N) is 1. The van der Waals surface area contributed by atoms with E-state index in [-0.39, 0.29) is 10.5 Å². The first kappa shape index (κ1) is 19.7. The van der Waals surface area contributed by atoms with Gasteiger partial charge in [0.15, 0.2) is 15.0 Å². The molecule has 1 aromatic heterocycles. The Bertz CT molecular complexity index is 1070. The molecule has 0 spiro atoms. The summed E-state index contributed by atoms with van der Waals surface area (Å²) in [6.45, 7) is 3.22. The van der Waals surface area contributed by atoms with Crippen molar-refractivity contribution in [3.63, 3.8) is 0 Å². The quantitative estimate of drug-likeness (QED) is 0.575. The number of benzene rings is 2. The van der Waals surface area contributed by atoms with Crippen LogP contribution >= 0.6 is 27.3 Å². The summed E-state index contributed by atoms with van der Waals surface area (Å²) in [5.74, 6) is -0.396. The highest BCUT2D eigenvalue weighted by atomic mass is 79.9. The number of carbonyl (C=O) groups is 1. The third kappa shape index (κ3) is 4.45. The van der Waals surface area contributed by atoms with Crippen molar-refractivity contribution in [1.82, 2.24) is 4.98 Å². The molecule has 1 amide bonds. The van der Waals surface area contributed by atoms with Crippen LogP contribution in [0.2, 0.25) is 0 Å². The van der Waals surface area contributed by atoms with Gasteiger partial charge in [0.25, 0.3) is 5.91 Å². The van der Waals surface area contributed by atoms with Gasteiger partial charge in [-0.15, -0.1) is 11.3 Å². The third-order valence-electron chi connectivity index (χ3n) is 3.91. The van der Waals surface area contributed by atoms with E-state index in [1.165, 1.54) is 23.5 Å². The Morgan fingerprint density at radius 1 is 1.15 bits per heavy atom. The monoisotopic (exact) mass is 464 g/mol. The van der Waals surface area contributed by atoms with Gasteiger partial charge in [-0.25, -0.2) is 13.4 Å². The minimum Gasteiger partial charge on any atom is -0.298 e. The largest absolute Gasteiger partial charge is 0.298 e. The van der Waals surface area contributed by atoms with Gasteiger partial charge in [0, 0.05) is 21.0 Å². The Morgan fingerprint density at radius 3 is 2.52 bits per heavy atom. The lowest BCUT2D eigenvalue weighted by molar-refractivity contribution is 0.102. The maximum Gasteiger partial charge on any atom is 0.257 e. The predicted octanol–water partition coefficient (Wildman–Crippen LogP) is 5.01. The fraction of sp³-hybridized carbons (Fsp3) is 0.158. The second-order valence-electron chi connectivity index (χ2n) is 6.12. The number of carbonyl (C=O) groups excluding carboxylic acids is 1. The van der Waals surface area contributed by atoms with E-state index in [0.29, 0.717) is 5.13 Å². The van der Waals surface area contributed by atoms with Gasteiger partial charge in [0.05, 0.1) is 15.8 Å². The molecule has 5 nitrogen and oxygen atoms in total. The zero-order valence-electron chi connectivity index (χ0n) is 14.6. The van der Waals surface area contributed by atoms with Gasteiger partial charge < -0.3 is 0 Å². The van der Waals surface area contributed by atoms with Crippen LogP contribution < -0.4 is 5.32 Å². The van der Waals surface area contributed by atoms with Crippen molar-refractivity contribution in [1.29, 1.82) is 0 Å². The lowest BCUT2D eigenvalue weighted by Crippen LogP contribution is -2.16. The van der Waals surface area contributed by atoms with E-state index in [1.54, 1.807) is 26.0 Å². The van der Waals surface area contributed by atoms with Gasteiger partial charge in [0.2, 0.25) is 0 Å². The van der Waals surface area contributed by atoms with Crippen molar-refractivity contribution in [2.75, 3.05) is 5.32 Å². The van der Waals surface area contributed by atoms with Crippen molar-refractivity contribution in [2.24, 2.45) is 0 Å². The van der Waals surface area contributed by atoms with Crippen LogP contribution in [0.4, 0.5) is 5.13 Å². The number of halogens is 1. The normalized spacial score (nSPS) is 11.6. The molecule has 0 fully saturated rings. The number of rotatable bonds is 5. The predicted molar refractivity (Wildman–Crippen MR) is 112 cm³/mol. The number of thiazole rings is 1. The highest BCUT2D eigenvalue weighted by Gasteiger charge is 2.20. The molecule has 0 unspecified atom stereocenters. The van der Waals surface area contributed by atoms with E-state index in [0.717, 1.165) is 15.7 Å². The van der Waals surface area contributed by atoms with Crippen molar-refractivity contribution in [3.05, 3.63) is 63.9 Å². The van der Waals surface area contributed by atoms with E-state index in [1.807, 2.05) is 29.6 Å². The summed E-state index contributed by atoms with van der Waals surface area (Å²) >= 11 is 4.71. The maximum atomic E-state index is 12.5. The molecule has 2 aromatic carbocycles. The van der Waals surface area contributed by atoms with Crippen LogP contribution in [-0.4, -0.2) is 24.6 Å². The average molecular weight is 465 g/mol. The van der Waals surface area contributed by atoms with Crippen molar-refractivity contribution < 1.29 is 13.2 Å². The number of amides is 1. The van der Waals surface area contributed by atoms with E-state index < -0.39 is 21.0 Å². The van der Waals surface area contributed by atoms with Gasteiger partial charge in [0.1, 0.15) is 0 Å². The molecule has 0 aliphatic carbocycles. The molecular weight excluding hydrogens is 448 g/mol. The summed E-state index contributed by atoms with van der Waals surface area (Å²) in [6, 6.07) is 13.8. The molecule has 0 bridgehead atoms. The Hall–Kier alpha value is -2.03. The first-order valence-electron chi connectivity index (χ1n) is 8.14. The molecule has 0 saturated carbocycles. The molecule has 3 rings (SSSR count). The second-order valence-corrected chi connectivity index (χ2v) is 10.4.